The maximum atomic E-state index is 4.88. The molecule has 134 valence electrons. The molecule has 0 amide bonds. The lowest BCUT2D eigenvalue weighted by molar-refractivity contribution is 0.281. The Kier molecular flexibility index (Phi) is 3.21. The summed E-state index contributed by atoms with van der Waals surface area (Å²) in [4.78, 5) is 18.4. The molecule has 2 aliphatic rings. The molecule has 2 aliphatic carbocycles. The minimum atomic E-state index is 0.435. The number of fused-ring (bicyclic) bond motifs is 2. The quantitative estimate of drug-likeness (QED) is 0.597. The lowest BCUT2D eigenvalue weighted by Crippen LogP contribution is -2.37. The van der Waals surface area contributed by atoms with Crippen LogP contribution in [-0.4, -0.2) is 30.5 Å². The Morgan fingerprint density at radius 2 is 1.89 bits per heavy atom. The maximum absolute atomic E-state index is 4.88. The van der Waals surface area contributed by atoms with Gasteiger partial charge in [-0.15, -0.1) is 0 Å². The van der Waals surface area contributed by atoms with E-state index in [4.69, 9.17) is 4.98 Å². The van der Waals surface area contributed by atoms with Crippen LogP contribution in [0.4, 0.5) is 5.82 Å². The van der Waals surface area contributed by atoms with E-state index in [-0.39, 0.29) is 0 Å². The number of hydrogen-bond donors (Lipinski definition) is 1. The molecule has 2 saturated carbocycles. The van der Waals surface area contributed by atoms with Crippen molar-refractivity contribution in [3.8, 4) is 0 Å². The predicted molar refractivity (Wildman–Crippen MR) is 105 cm³/mol. The van der Waals surface area contributed by atoms with Crippen LogP contribution in [0, 0.1) is 0 Å². The van der Waals surface area contributed by atoms with Crippen molar-refractivity contribution in [2.75, 3.05) is 5.32 Å². The van der Waals surface area contributed by atoms with Gasteiger partial charge in [-0.3, -0.25) is 4.98 Å². The normalized spacial score (nSPS) is 22.1. The van der Waals surface area contributed by atoms with Crippen molar-refractivity contribution < 1.29 is 0 Å². The van der Waals surface area contributed by atoms with Gasteiger partial charge in [-0.2, -0.15) is 0 Å². The van der Waals surface area contributed by atoms with Gasteiger partial charge in [-0.1, -0.05) is 0 Å². The van der Waals surface area contributed by atoms with Crippen LogP contribution in [0.3, 0.4) is 0 Å². The molecule has 6 heteroatoms. The zero-order valence-electron chi connectivity index (χ0n) is 14.9. The van der Waals surface area contributed by atoms with Crippen LogP contribution in [0.2, 0.25) is 0 Å². The lowest BCUT2D eigenvalue weighted by atomic mass is 9.86. The largest absolute Gasteiger partial charge is 0.367 e. The zero-order valence-corrected chi connectivity index (χ0v) is 14.9. The highest BCUT2D eigenvalue weighted by Crippen LogP contribution is 2.45. The van der Waals surface area contributed by atoms with Crippen LogP contribution in [-0.2, 0) is 0 Å². The van der Waals surface area contributed by atoms with E-state index in [2.05, 4.69) is 43.0 Å². The van der Waals surface area contributed by atoms with Crippen molar-refractivity contribution in [1.82, 2.24) is 24.5 Å². The van der Waals surface area contributed by atoms with Gasteiger partial charge < -0.3 is 9.88 Å². The molecule has 6 rings (SSSR count). The molecule has 4 aromatic rings. The first-order valence-electron chi connectivity index (χ1n) is 9.65. The van der Waals surface area contributed by atoms with E-state index in [1.807, 2.05) is 24.5 Å². The monoisotopic (exact) mass is 356 g/mol. The molecule has 0 aromatic carbocycles. The van der Waals surface area contributed by atoms with Gasteiger partial charge in [0, 0.05) is 35.8 Å². The summed E-state index contributed by atoms with van der Waals surface area (Å²) in [6.45, 7) is 0. The number of nitrogens with zero attached hydrogens (tertiary/aromatic N) is 5. The zero-order chi connectivity index (χ0) is 17.8. The Balaban J connectivity index is 1.23. The molecule has 6 nitrogen and oxygen atoms in total. The van der Waals surface area contributed by atoms with E-state index in [1.54, 1.807) is 6.20 Å². The van der Waals surface area contributed by atoms with Crippen molar-refractivity contribution in [3.63, 3.8) is 0 Å². The highest BCUT2D eigenvalue weighted by atomic mass is 15.2. The number of pyridine rings is 3. The first-order chi connectivity index (χ1) is 13.3. The number of aromatic nitrogens is 5. The van der Waals surface area contributed by atoms with Crippen molar-refractivity contribution in [2.45, 2.75) is 43.7 Å². The summed E-state index contributed by atoms with van der Waals surface area (Å²) in [6.07, 6.45) is 10.2. The van der Waals surface area contributed by atoms with Crippen LogP contribution >= 0.6 is 0 Å². The summed E-state index contributed by atoms with van der Waals surface area (Å²) in [5, 5.41) is 4.70. The molecule has 0 aliphatic heterocycles. The van der Waals surface area contributed by atoms with Crippen molar-refractivity contribution in [1.29, 1.82) is 0 Å². The third kappa shape index (κ3) is 2.55. The van der Waals surface area contributed by atoms with Gasteiger partial charge in [-0.05, 0) is 56.0 Å². The summed E-state index contributed by atoms with van der Waals surface area (Å²) in [5.41, 5.74) is 3.00. The summed E-state index contributed by atoms with van der Waals surface area (Å²) < 4.78 is 2.41. The molecule has 1 N–H and O–H groups in total. The summed E-state index contributed by atoms with van der Waals surface area (Å²) >= 11 is 0. The SMILES string of the molecule is c1cnc2c(c1)nc(C1CC1)n2[C@H]1C[C@H](Nc2ccc3ccncc3n2)C1. The van der Waals surface area contributed by atoms with Crippen molar-refractivity contribution >= 4 is 27.9 Å². The summed E-state index contributed by atoms with van der Waals surface area (Å²) in [7, 11) is 0. The average molecular weight is 356 g/mol. The topological polar surface area (TPSA) is 68.5 Å². The molecule has 0 spiro atoms. The van der Waals surface area contributed by atoms with Crippen molar-refractivity contribution in [2.24, 2.45) is 0 Å². The number of rotatable bonds is 4. The van der Waals surface area contributed by atoms with E-state index in [0.29, 0.717) is 18.0 Å². The molecule has 0 unspecified atom stereocenters. The summed E-state index contributed by atoms with van der Waals surface area (Å²) in [5.74, 6) is 2.79. The fourth-order valence-electron chi connectivity index (χ4n) is 4.11. The molecule has 0 bridgehead atoms. The van der Waals surface area contributed by atoms with Gasteiger partial charge in [0.1, 0.15) is 17.2 Å². The Labute approximate surface area is 156 Å². The first-order valence-corrected chi connectivity index (χ1v) is 9.65. The van der Waals surface area contributed by atoms with Crippen LogP contribution in [0.1, 0.15) is 43.5 Å². The third-order valence-electron chi connectivity index (χ3n) is 5.74. The van der Waals surface area contributed by atoms with Crippen LogP contribution < -0.4 is 5.32 Å². The highest BCUT2D eigenvalue weighted by molar-refractivity contribution is 5.79. The highest BCUT2D eigenvalue weighted by Gasteiger charge is 2.37. The Morgan fingerprint density at radius 1 is 0.963 bits per heavy atom. The molecule has 2 fully saturated rings. The molecule has 27 heavy (non-hydrogen) atoms. The number of nitrogens with one attached hydrogen (secondary N) is 1. The van der Waals surface area contributed by atoms with E-state index in [0.717, 1.165) is 40.7 Å². The van der Waals surface area contributed by atoms with Crippen LogP contribution in [0.5, 0.6) is 0 Å². The smallest absolute Gasteiger partial charge is 0.160 e. The van der Waals surface area contributed by atoms with Gasteiger partial charge in [0.25, 0.3) is 0 Å². The second-order valence-electron chi connectivity index (χ2n) is 7.69. The van der Waals surface area contributed by atoms with E-state index < -0.39 is 0 Å². The van der Waals surface area contributed by atoms with Gasteiger partial charge in [0.15, 0.2) is 5.65 Å². The standard InChI is InChI=1S/C21H20N6/c1-2-17-21(23-8-1)27(20(26-17)14-3-4-14)16-10-15(11-16)24-19-6-5-13-7-9-22-12-18(13)25-19/h1-2,5-9,12,14-16H,3-4,10-11H2,(H,24,25)/t15-,16-. The molecular weight excluding hydrogens is 336 g/mol. The second kappa shape index (κ2) is 5.74. The molecule has 4 heterocycles. The minimum absolute atomic E-state index is 0.435. The van der Waals surface area contributed by atoms with Crippen LogP contribution in [0.15, 0.2) is 48.9 Å². The maximum Gasteiger partial charge on any atom is 0.160 e. The molecule has 0 atom stereocenters. The van der Waals surface area contributed by atoms with Gasteiger partial charge in [0.2, 0.25) is 0 Å². The van der Waals surface area contributed by atoms with Gasteiger partial charge in [0.05, 0.1) is 11.7 Å². The Hall–Kier alpha value is -3.02. The van der Waals surface area contributed by atoms with Gasteiger partial charge in [-0.25, -0.2) is 15.0 Å². The Morgan fingerprint density at radius 3 is 2.78 bits per heavy atom. The molecular formula is C21H20N6. The second-order valence-corrected chi connectivity index (χ2v) is 7.69. The Bertz CT molecular complexity index is 1140. The fourth-order valence-corrected chi connectivity index (χ4v) is 4.11. The molecule has 0 radical (unpaired) electrons. The number of hydrogen-bond acceptors (Lipinski definition) is 5. The van der Waals surface area contributed by atoms with Crippen molar-refractivity contribution in [3.05, 3.63) is 54.7 Å². The summed E-state index contributed by atoms with van der Waals surface area (Å²) in [6, 6.07) is 11.1. The predicted octanol–water partition coefficient (Wildman–Crippen LogP) is 4.07. The molecule has 4 aromatic heterocycles. The average Bonchev–Trinajstić information content (AvgIpc) is 3.45. The van der Waals surface area contributed by atoms with E-state index in [9.17, 15) is 0 Å². The van der Waals surface area contributed by atoms with Gasteiger partial charge >= 0.3 is 0 Å². The first kappa shape index (κ1) is 15.1. The molecule has 0 saturated heterocycles. The van der Waals surface area contributed by atoms with Crippen LogP contribution in [0.25, 0.3) is 22.1 Å². The van der Waals surface area contributed by atoms with E-state index >= 15 is 0 Å². The lowest BCUT2D eigenvalue weighted by Gasteiger charge is -2.38. The number of anilines is 1. The fraction of sp³-hybridized carbons (Fsp3) is 0.333. The minimum Gasteiger partial charge on any atom is -0.367 e. The number of imidazole rings is 1. The third-order valence-corrected chi connectivity index (χ3v) is 5.74. The van der Waals surface area contributed by atoms with E-state index in [1.165, 1.54) is 18.7 Å².